The fourth-order valence-corrected chi connectivity index (χ4v) is 1.77. The van der Waals surface area contributed by atoms with Crippen LogP contribution in [0.3, 0.4) is 0 Å². The highest BCUT2D eigenvalue weighted by atomic mass is 16.5. The molecule has 3 N–H and O–H groups in total. The smallest absolute Gasteiger partial charge is 0.161 e. The predicted molar refractivity (Wildman–Crippen MR) is 67.6 cm³/mol. The zero-order valence-corrected chi connectivity index (χ0v) is 10.9. The van der Waals surface area contributed by atoms with E-state index >= 15 is 0 Å². The van der Waals surface area contributed by atoms with Gasteiger partial charge < -0.3 is 24.8 Å². The first-order valence-corrected chi connectivity index (χ1v) is 5.77. The quantitative estimate of drug-likeness (QED) is 0.616. The number of aliphatic hydroxyl groups excluding tert-OH is 3. The van der Waals surface area contributed by atoms with Gasteiger partial charge in [0.15, 0.2) is 17.8 Å². The van der Waals surface area contributed by atoms with Gasteiger partial charge in [0, 0.05) is 12.2 Å². The summed E-state index contributed by atoms with van der Waals surface area (Å²) < 4.78 is 10.1. The maximum absolute atomic E-state index is 11.0. The van der Waals surface area contributed by atoms with Crippen molar-refractivity contribution in [2.24, 2.45) is 0 Å². The molecule has 1 aromatic rings. The zero-order valence-electron chi connectivity index (χ0n) is 10.9. The van der Waals surface area contributed by atoms with Crippen molar-refractivity contribution >= 4 is 6.29 Å². The number of aliphatic hydroxyl groups is 3. The Morgan fingerprint density at radius 3 is 2.26 bits per heavy atom. The van der Waals surface area contributed by atoms with Gasteiger partial charge in [0.05, 0.1) is 20.3 Å². The fraction of sp³-hybridized carbons (Fsp3) is 0.462. The number of benzene rings is 1. The van der Waals surface area contributed by atoms with E-state index in [0.717, 1.165) is 0 Å². The normalized spacial score (nSPS) is 13.7. The summed E-state index contributed by atoms with van der Waals surface area (Å²) in [6.07, 6.45) is -1.88. The summed E-state index contributed by atoms with van der Waals surface area (Å²) in [5, 5.41) is 28.4. The molecule has 1 aromatic carbocycles. The molecule has 19 heavy (non-hydrogen) atoms. The third-order valence-electron chi connectivity index (χ3n) is 2.82. The molecular formula is C13H18O6. The Kier molecular flexibility index (Phi) is 5.75. The van der Waals surface area contributed by atoms with E-state index in [4.69, 9.17) is 14.6 Å². The van der Waals surface area contributed by atoms with Gasteiger partial charge in [-0.2, -0.15) is 0 Å². The van der Waals surface area contributed by atoms with Crippen LogP contribution in [0.2, 0.25) is 0 Å². The van der Waals surface area contributed by atoms with Gasteiger partial charge in [-0.1, -0.05) is 0 Å². The van der Waals surface area contributed by atoms with Crippen LogP contribution in [0.1, 0.15) is 28.4 Å². The van der Waals surface area contributed by atoms with Crippen molar-refractivity contribution in [1.29, 1.82) is 0 Å². The Hall–Kier alpha value is -1.63. The first-order valence-electron chi connectivity index (χ1n) is 5.77. The standard InChI is InChI=1S/C13H18O6/c1-18-11-5-8(7-15)9(6-12(11)19-2)13(17)10(16)3-4-14/h5-7,10,13-14,16-17H,3-4H2,1-2H3. The van der Waals surface area contributed by atoms with Gasteiger partial charge in [-0.25, -0.2) is 0 Å². The van der Waals surface area contributed by atoms with E-state index in [0.29, 0.717) is 17.8 Å². The van der Waals surface area contributed by atoms with E-state index in [9.17, 15) is 15.0 Å². The number of hydrogen-bond acceptors (Lipinski definition) is 6. The van der Waals surface area contributed by atoms with Crippen molar-refractivity contribution in [2.45, 2.75) is 18.6 Å². The molecule has 0 aliphatic heterocycles. The molecule has 0 saturated carbocycles. The predicted octanol–water partition coefficient (Wildman–Crippen LogP) is 0.293. The average Bonchev–Trinajstić information content (AvgIpc) is 2.45. The van der Waals surface area contributed by atoms with Gasteiger partial charge in [-0.3, -0.25) is 4.79 Å². The summed E-state index contributed by atoms with van der Waals surface area (Å²) in [4.78, 5) is 11.0. The lowest BCUT2D eigenvalue weighted by molar-refractivity contribution is 0.00383. The molecule has 0 aliphatic rings. The van der Waals surface area contributed by atoms with Gasteiger partial charge >= 0.3 is 0 Å². The van der Waals surface area contributed by atoms with Crippen LogP contribution in [0, 0.1) is 0 Å². The molecule has 0 amide bonds. The van der Waals surface area contributed by atoms with Crippen LogP contribution in [0.15, 0.2) is 12.1 Å². The van der Waals surface area contributed by atoms with E-state index in [-0.39, 0.29) is 24.2 Å². The second-order valence-corrected chi connectivity index (χ2v) is 3.98. The summed E-state index contributed by atoms with van der Waals surface area (Å²) in [5.74, 6) is 0.704. The molecule has 0 fully saturated rings. The molecule has 0 radical (unpaired) electrons. The third-order valence-corrected chi connectivity index (χ3v) is 2.82. The summed E-state index contributed by atoms with van der Waals surface area (Å²) in [5.41, 5.74) is 0.427. The minimum Gasteiger partial charge on any atom is -0.493 e. The molecule has 0 bridgehead atoms. The molecule has 106 valence electrons. The second kappa shape index (κ2) is 7.08. The lowest BCUT2D eigenvalue weighted by atomic mass is 9.97. The van der Waals surface area contributed by atoms with Crippen LogP contribution < -0.4 is 9.47 Å². The van der Waals surface area contributed by atoms with Crippen molar-refractivity contribution < 1.29 is 29.6 Å². The van der Waals surface area contributed by atoms with Crippen LogP contribution in [0.25, 0.3) is 0 Å². The van der Waals surface area contributed by atoms with Crippen LogP contribution in [-0.2, 0) is 0 Å². The Morgan fingerprint density at radius 1 is 1.21 bits per heavy atom. The highest BCUT2D eigenvalue weighted by molar-refractivity contribution is 5.79. The van der Waals surface area contributed by atoms with Gasteiger partial charge in [0.1, 0.15) is 6.10 Å². The van der Waals surface area contributed by atoms with Crippen molar-refractivity contribution in [2.75, 3.05) is 20.8 Å². The minimum atomic E-state index is -1.29. The maximum Gasteiger partial charge on any atom is 0.161 e. The van der Waals surface area contributed by atoms with E-state index < -0.39 is 12.2 Å². The summed E-state index contributed by atoms with van der Waals surface area (Å²) in [6.45, 7) is -0.262. The fourth-order valence-electron chi connectivity index (χ4n) is 1.77. The van der Waals surface area contributed by atoms with Crippen molar-refractivity contribution in [3.63, 3.8) is 0 Å². The summed E-state index contributed by atoms with van der Waals surface area (Å²) >= 11 is 0. The highest BCUT2D eigenvalue weighted by Crippen LogP contribution is 2.33. The Labute approximate surface area is 111 Å². The summed E-state index contributed by atoms with van der Waals surface area (Å²) in [7, 11) is 2.86. The van der Waals surface area contributed by atoms with Crippen LogP contribution in [-0.4, -0.2) is 48.5 Å². The first kappa shape index (κ1) is 15.4. The molecule has 0 saturated heterocycles. The molecule has 1 rings (SSSR count). The molecule has 0 heterocycles. The number of carbonyl (C=O) groups is 1. The Balaban J connectivity index is 3.21. The van der Waals surface area contributed by atoms with Gasteiger partial charge in [-0.15, -0.1) is 0 Å². The van der Waals surface area contributed by atoms with E-state index in [1.165, 1.54) is 26.4 Å². The molecule has 2 unspecified atom stereocenters. The Bertz CT molecular complexity index is 431. The molecule has 6 heteroatoms. The minimum absolute atomic E-state index is 0.00775. The monoisotopic (exact) mass is 270 g/mol. The number of aldehydes is 1. The van der Waals surface area contributed by atoms with E-state index in [1.807, 2.05) is 0 Å². The lowest BCUT2D eigenvalue weighted by Crippen LogP contribution is -2.20. The third kappa shape index (κ3) is 3.44. The number of methoxy groups -OCH3 is 2. The number of rotatable bonds is 7. The van der Waals surface area contributed by atoms with Gasteiger partial charge in [0.2, 0.25) is 0 Å². The topological polar surface area (TPSA) is 96.2 Å². The maximum atomic E-state index is 11.0. The second-order valence-electron chi connectivity index (χ2n) is 3.98. The van der Waals surface area contributed by atoms with Crippen molar-refractivity contribution in [3.8, 4) is 11.5 Å². The van der Waals surface area contributed by atoms with Crippen LogP contribution in [0.4, 0.5) is 0 Å². The Morgan fingerprint density at radius 2 is 1.79 bits per heavy atom. The average molecular weight is 270 g/mol. The first-order chi connectivity index (χ1) is 9.08. The lowest BCUT2D eigenvalue weighted by Gasteiger charge is -2.20. The number of carbonyl (C=O) groups excluding carboxylic acids is 1. The number of ether oxygens (including phenoxy) is 2. The van der Waals surface area contributed by atoms with Crippen LogP contribution >= 0.6 is 0 Å². The molecule has 2 atom stereocenters. The van der Waals surface area contributed by atoms with Crippen LogP contribution in [0.5, 0.6) is 11.5 Å². The largest absolute Gasteiger partial charge is 0.493 e. The molecule has 0 spiro atoms. The van der Waals surface area contributed by atoms with E-state index in [2.05, 4.69) is 0 Å². The molecule has 0 aromatic heterocycles. The SMILES string of the molecule is COc1cc(C=O)c(C(O)C(O)CCO)cc1OC. The van der Waals surface area contributed by atoms with Gasteiger partial charge in [0.25, 0.3) is 0 Å². The molecular weight excluding hydrogens is 252 g/mol. The zero-order chi connectivity index (χ0) is 14.4. The molecule has 0 aliphatic carbocycles. The van der Waals surface area contributed by atoms with Gasteiger partial charge in [-0.05, 0) is 24.1 Å². The number of hydrogen-bond donors (Lipinski definition) is 3. The molecule has 6 nitrogen and oxygen atoms in total. The van der Waals surface area contributed by atoms with E-state index in [1.54, 1.807) is 0 Å². The highest BCUT2D eigenvalue weighted by Gasteiger charge is 2.23. The van der Waals surface area contributed by atoms with Crippen molar-refractivity contribution in [3.05, 3.63) is 23.3 Å². The van der Waals surface area contributed by atoms with Crippen molar-refractivity contribution in [1.82, 2.24) is 0 Å². The summed E-state index contributed by atoms with van der Waals surface area (Å²) in [6, 6.07) is 2.86.